The zero-order valence-corrected chi connectivity index (χ0v) is 13.5. The van der Waals surface area contributed by atoms with Gasteiger partial charge in [0.15, 0.2) is 4.90 Å². The molecule has 10 nitrogen and oxygen atoms in total. The highest BCUT2D eigenvalue weighted by Crippen LogP contribution is 2.32. The number of nitrogens with zero attached hydrogens (tertiary/aromatic N) is 2. The van der Waals surface area contributed by atoms with E-state index < -0.39 is 46.5 Å². The van der Waals surface area contributed by atoms with Crippen LogP contribution in [0.5, 0.6) is 0 Å². The molecule has 0 saturated carbocycles. The first-order valence-corrected chi connectivity index (χ1v) is 8.41. The molecule has 11 heteroatoms. The highest BCUT2D eigenvalue weighted by Gasteiger charge is 2.32. The van der Waals surface area contributed by atoms with Crippen LogP contribution in [0.25, 0.3) is 11.0 Å². The third-order valence-electron chi connectivity index (χ3n) is 3.54. The van der Waals surface area contributed by atoms with E-state index in [9.17, 15) is 33.4 Å². The summed E-state index contributed by atoms with van der Waals surface area (Å²) in [6, 6.07) is 9.23. The molecule has 0 unspecified atom stereocenters. The molecule has 0 bridgehead atoms. The second-order valence-corrected chi connectivity index (χ2v) is 6.99. The second-order valence-electron chi connectivity index (χ2n) is 5.11. The summed E-state index contributed by atoms with van der Waals surface area (Å²) in [5.41, 5.74) is -2.71. The van der Waals surface area contributed by atoms with Crippen molar-refractivity contribution in [3.63, 3.8) is 0 Å². The van der Waals surface area contributed by atoms with Crippen molar-refractivity contribution in [2.75, 3.05) is 0 Å². The van der Waals surface area contributed by atoms with E-state index in [1.165, 1.54) is 12.1 Å². The van der Waals surface area contributed by atoms with E-state index in [1.54, 1.807) is 12.1 Å². The second kappa shape index (κ2) is 6.04. The number of non-ortho nitro benzene ring substituents is 1. The summed E-state index contributed by atoms with van der Waals surface area (Å²) in [6.07, 6.45) is 0. The molecule has 0 atom stereocenters. The first kappa shape index (κ1) is 17.2. The molecule has 132 valence electrons. The summed E-state index contributed by atoms with van der Waals surface area (Å²) in [4.78, 5) is 30.5. The monoisotopic (exact) mass is 376 g/mol. The van der Waals surface area contributed by atoms with Gasteiger partial charge in [0.25, 0.3) is 11.4 Å². The lowest BCUT2D eigenvalue weighted by Gasteiger charge is -2.05. The summed E-state index contributed by atoms with van der Waals surface area (Å²) >= 11 is 0. The Morgan fingerprint density at radius 1 is 0.885 bits per heavy atom. The molecule has 3 aromatic rings. The van der Waals surface area contributed by atoms with Gasteiger partial charge in [-0.1, -0.05) is 18.2 Å². The maximum Gasteiger partial charge on any atom is 0.355 e. The number of fused-ring (bicyclic) bond motifs is 1. The first-order valence-electron chi connectivity index (χ1n) is 6.92. The summed E-state index contributed by atoms with van der Waals surface area (Å²) in [6.45, 7) is 0. The van der Waals surface area contributed by atoms with Gasteiger partial charge in [0.05, 0.1) is 15.9 Å². The van der Waals surface area contributed by atoms with Gasteiger partial charge in [-0.25, -0.2) is 13.2 Å². The van der Waals surface area contributed by atoms with Crippen molar-refractivity contribution in [3.8, 4) is 0 Å². The average molecular weight is 376 g/mol. The first-order chi connectivity index (χ1) is 12.2. The smallest absolute Gasteiger partial charge is 0.355 e. The predicted molar refractivity (Wildman–Crippen MR) is 87.7 cm³/mol. The number of hydrogen-bond donors (Lipinski definition) is 0. The molecule has 0 fully saturated rings. The summed E-state index contributed by atoms with van der Waals surface area (Å²) in [7, 11) is -4.65. The minimum Gasteiger partial charge on any atom is -0.422 e. The lowest BCUT2D eigenvalue weighted by Crippen LogP contribution is -2.15. The maximum atomic E-state index is 12.8. The molecule has 0 radical (unpaired) electrons. The molecule has 0 aliphatic carbocycles. The molecule has 0 aliphatic rings. The van der Waals surface area contributed by atoms with Crippen LogP contribution >= 0.6 is 0 Å². The van der Waals surface area contributed by atoms with Crippen LogP contribution in [0.1, 0.15) is 0 Å². The molecule has 1 aromatic heterocycles. The van der Waals surface area contributed by atoms with E-state index in [4.69, 9.17) is 4.42 Å². The molecule has 26 heavy (non-hydrogen) atoms. The van der Waals surface area contributed by atoms with Crippen LogP contribution < -0.4 is 5.63 Å². The Balaban J connectivity index is 2.30. The number of rotatable bonds is 4. The molecule has 2 aromatic carbocycles. The van der Waals surface area contributed by atoms with Crippen molar-refractivity contribution < 1.29 is 22.7 Å². The molecule has 0 spiro atoms. The Kier molecular flexibility index (Phi) is 4.00. The molecular weight excluding hydrogens is 368 g/mol. The molecule has 0 amide bonds. The van der Waals surface area contributed by atoms with Crippen LogP contribution in [0, 0.1) is 20.2 Å². The van der Waals surface area contributed by atoms with Crippen molar-refractivity contribution in [2.45, 2.75) is 9.79 Å². The molecule has 0 N–H and O–H groups in total. The SMILES string of the molecule is O=c1oc2ccccc2cc1S(=O)(=O)c1ccc([N+](=O)[O-])cc1[N+](=O)[O-]. The van der Waals surface area contributed by atoms with Gasteiger partial charge in [-0.05, 0) is 18.2 Å². The van der Waals surface area contributed by atoms with Crippen molar-refractivity contribution >= 4 is 32.2 Å². The molecule has 3 rings (SSSR count). The molecule has 0 aliphatic heterocycles. The Bertz CT molecular complexity index is 1230. The van der Waals surface area contributed by atoms with Crippen LogP contribution in [-0.4, -0.2) is 18.3 Å². The van der Waals surface area contributed by atoms with E-state index in [-0.39, 0.29) is 5.58 Å². The van der Waals surface area contributed by atoms with Crippen LogP contribution in [-0.2, 0) is 9.84 Å². The highest BCUT2D eigenvalue weighted by atomic mass is 32.2. The summed E-state index contributed by atoms with van der Waals surface area (Å²) < 4.78 is 30.5. The van der Waals surface area contributed by atoms with Gasteiger partial charge < -0.3 is 4.42 Å². The lowest BCUT2D eigenvalue weighted by atomic mass is 10.2. The van der Waals surface area contributed by atoms with Gasteiger partial charge in [0.2, 0.25) is 9.84 Å². The van der Waals surface area contributed by atoms with Crippen LogP contribution in [0.2, 0.25) is 0 Å². The van der Waals surface area contributed by atoms with E-state index in [1.807, 2.05) is 0 Å². The number of para-hydroxylation sites is 1. The topological polar surface area (TPSA) is 151 Å². The fraction of sp³-hybridized carbons (Fsp3) is 0. The van der Waals surface area contributed by atoms with E-state index in [2.05, 4.69) is 0 Å². The third-order valence-corrected chi connectivity index (χ3v) is 5.33. The van der Waals surface area contributed by atoms with Crippen LogP contribution in [0.3, 0.4) is 0 Å². The highest BCUT2D eigenvalue weighted by molar-refractivity contribution is 7.91. The Labute approximate surface area is 144 Å². The van der Waals surface area contributed by atoms with Crippen molar-refractivity contribution in [2.24, 2.45) is 0 Å². The number of nitro groups is 2. The number of nitro benzene ring substituents is 2. The van der Waals surface area contributed by atoms with E-state index in [0.717, 1.165) is 18.2 Å². The minimum absolute atomic E-state index is 0.148. The maximum absolute atomic E-state index is 12.8. The predicted octanol–water partition coefficient (Wildman–Crippen LogP) is 2.44. The van der Waals surface area contributed by atoms with Gasteiger partial charge >= 0.3 is 5.63 Å². The van der Waals surface area contributed by atoms with E-state index in [0.29, 0.717) is 11.5 Å². The van der Waals surface area contributed by atoms with Gasteiger partial charge in [-0.3, -0.25) is 20.2 Å². The largest absolute Gasteiger partial charge is 0.422 e. The fourth-order valence-electron chi connectivity index (χ4n) is 2.34. The zero-order valence-electron chi connectivity index (χ0n) is 12.7. The molecule has 0 saturated heterocycles. The zero-order chi connectivity index (χ0) is 19.1. The minimum atomic E-state index is -4.65. The average Bonchev–Trinajstić information content (AvgIpc) is 2.60. The molecule has 1 heterocycles. The van der Waals surface area contributed by atoms with E-state index >= 15 is 0 Å². The Morgan fingerprint density at radius 3 is 2.23 bits per heavy atom. The third kappa shape index (κ3) is 2.80. The van der Waals surface area contributed by atoms with Crippen molar-refractivity contribution in [1.82, 2.24) is 0 Å². The Hall–Kier alpha value is -3.60. The van der Waals surface area contributed by atoms with Crippen LogP contribution in [0.15, 0.2) is 67.5 Å². The molecular formula is C15H8N2O8S. The summed E-state index contributed by atoms with van der Waals surface area (Å²) in [5.74, 6) is 0. The Morgan fingerprint density at radius 2 is 1.58 bits per heavy atom. The number of sulfone groups is 1. The van der Waals surface area contributed by atoms with Gasteiger partial charge in [0.1, 0.15) is 10.5 Å². The number of hydrogen-bond acceptors (Lipinski definition) is 8. The summed E-state index contributed by atoms with van der Waals surface area (Å²) in [5, 5.41) is 22.3. The van der Waals surface area contributed by atoms with Crippen molar-refractivity contribution in [1.29, 1.82) is 0 Å². The standard InChI is InChI=1S/C15H8N2O8S/c18-15-14(7-9-3-1-2-4-12(9)25-15)26(23,24)13-6-5-10(16(19)20)8-11(13)17(21)22/h1-8H. The van der Waals surface area contributed by atoms with Gasteiger partial charge in [-0.15, -0.1) is 0 Å². The normalized spacial score (nSPS) is 11.4. The number of benzene rings is 2. The fourth-order valence-corrected chi connectivity index (χ4v) is 3.77. The quantitative estimate of drug-likeness (QED) is 0.382. The van der Waals surface area contributed by atoms with Crippen molar-refractivity contribution in [3.05, 3.63) is 79.2 Å². The lowest BCUT2D eigenvalue weighted by molar-refractivity contribution is -0.396. The van der Waals surface area contributed by atoms with Gasteiger partial charge in [0, 0.05) is 11.5 Å². The van der Waals surface area contributed by atoms with Gasteiger partial charge in [-0.2, -0.15) is 0 Å². The van der Waals surface area contributed by atoms with Crippen LogP contribution in [0.4, 0.5) is 11.4 Å².